The van der Waals surface area contributed by atoms with Crippen molar-refractivity contribution in [3.05, 3.63) is 46.0 Å². The zero-order valence-corrected chi connectivity index (χ0v) is 12.7. The summed E-state index contributed by atoms with van der Waals surface area (Å²) in [5.41, 5.74) is 0.395. The van der Waals surface area contributed by atoms with Crippen molar-refractivity contribution in [3.8, 4) is 17.6 Å². The number of rotatable bonds is 4. The number of hydrogen-bond donors (Lipinski definition) is 0. The summed E-state index contributed by atoms with van der Waals surface area (Å²) in [5, 5.41) is 24.6. The fourth-order valence-corrected chi connectivity index (χ4v) is 2.20. The van der Waals surface area contributed by atoms with E-state index >= 15 is 0 Å². The van der Waals surface area contributed by atoms with Gasteiger partial charge in [-0.15, -0.1) is 0 Å². The molecule has 0 bridgehead atoms. The topological polar surface area (TPSA) is 128 Å². The second kappa shape index (κ2) is 5.81. The maximum absolute atomic E-state index is 10.9. The molecule has 0 aliphatic carbocycles. The summed E-state index contributed by atoms with van der Waals surface area (Å²) in [6.45, 7) is 0. The van der Waals surface area contributed by atoms with Gasteiger partial charge < -0.3 is 14.5 Å². The van der Waals surface area contributed by atoms with Gasteiger partial charge in [-0.3, -0.25) is 0 Å². The predicted octanol–water partition coefficient (Wildman–Crippen LogP) is 1.94. The minimum absolute atomic E-state index is 0.170. The Morgan fingerprint density at radius 1 is 1.50 bits per heavy atom. The largest absolute Gasteiger partial charge is 0.463 e. The SMILES string of the molecule is Cn1nc(-c2ncc([N+](=O)[O-])n2C)c(C#N)c1/N=C/c1ccco1. The molecule has 0 saturated heterocycles. The van der Waals surface area contributed by atoms with E-state index in [2.05, 4.69) is 15.1 Å². The number of hydrogen-bond acceptors (Lipinski definition) is 7. The van der Waals surface area contributed by atoms with Crippen LogP contribution in [-0.4, -0.2) is 30.5 Å². The Morgan fingerprint density at radius 3 is 2.88 bits per heavy atom. The number of nitrogens with zero attached hydrogens (tertiary/aromatic N) is 7. The van der Waals surface area contributed by atoms with Gasteiger partial charge >= 0.3 is 5.82 Å². The van der Waals surface area contributed by atoms with Crippen molar-refractivity contribution in [2.45, 2.75) is 0 Å². The zero-order chi connectivity index (χ0) is 17.3. The van der Waals surface area contributed by atoms with Gasteiger partial charge in [0.25, 0.3) is 5.82 Å². The van der Waals surface area contributed by atoms with Gasteiger partial charge in [0.2, 0.25) is 0 Å². The zero-order valence-electron chi connectivity index (χ0n) is 12.7. The Labute approximate surface area is 135 Å². The Kier molecular flexibility index (Phi) is 3.67. The second-order valence-corrected chi connectivity index (χ2v) is 4.81. The minimum Gasteiger partial charge on any atom is -0.463 e. The van der Waals surface area contributed by atoms with Crippen LogP contribution in [0, 0.1) is 21.4 Å². The third-order valence-corrected chi connectivity index (χ3v) is 3.35. The van der Waals surface area contributed by atoms with Gasteiger partial charge in [-0.2, -0.15) is 10.4 Å². The first kappa shape index (κ1) is 15.2. The van der Waals surface area contributed by atoms with E-state index in [4.69, 9.17) is 4.42 Å². The summed E-state index contributed by atoms with van der Waals surface area (Å²) in [4.78, 5) is 18.6. The number of aromatic nitrogens is 4. The molecule has 24 heavy (non-hydrogen) atoms. The van der Waals surface area contributed by atoms with Crippen LogP contribution in [-0.2, 0) is 14.1 Å². The molecule has 0 spiro atoms. The number of imidazole rings is 1. The van der Waals surface area contributed by atoms with Crippen LogP contribution >= 0.6 is 0 Å². The molecule has 0 aliphatic heterocycles. The van der Waals surface area contributed by atoms with Gasteiger partial charge in [0.15, 0.2) is 11.5 Å². The van der Waals surface area contributed by atoms with Crippen molar-refractivity contribution in [1.82, 2.24) is 19.3 Å². The predicted molar refractivity (Wildman–Crippen MR) is 82.7 cm³/mol. The van der Waals surface area contributed by atoms with Crippen LogP contribution in [0.1, 0.15) is 11.3 Å². The third kappa shape index (κ3) is 2.44. The quantitative estimate of drug-likeness (QED) is 0.409. The van der Waals surface area contributed by atoms with Crippen molar-refractivity contribution in [2.24, 2.45) is 19.1 Å². The molecule has 0 atom stereocenters. The lowest BCUT2D eigenvalue weighted by Crippen LogP contribution is -2.00. The first-order chi connectivity index (χ1) is 11.5. The molecule has 0 aromatic carbocycles. The summed E-state index contributed by atoms with van der Waals surface area (Å²) in [7, 11) is 3.11. The van der Waals surface area contributed by atoms with Crippen molar-refractivity contribution in [3.63, 3.8) is 0 Å². The van der Waals surface area contributed by atoms with E-state index in [1.54, 1.807) is 19.2 Å². The number of aryl methyl sites for hydroxylation is 1. The molecular weight excluding hydrogens is 314 g/mol. The molecule has 0 aliphatic rings. The molecule has 3 rings (SSSR count). The van der Waals surface area contributed by atoms with Crippen molar-refractivity contribution in [2.75, 3.05) is 0 Å². The fraction of sp³-hybridized carbons (Fsp3) is 0.143. The smallest absolute Gasteiger partial charge is 0.342 e. The van der Waals surface area contributed by atoms with Gasteiger partial charge in [-0.1, -0.05) is 0 Å². The molecule has 0 fully saturated rings. The molecule has 0 radical (unpaired) electrons. The molecule has 10 heteroatoms. The normalized spacial score (nSPS) is 11.0. The maximum Gasteiger partial charge on any atom is 0.342 e. The van der Waals surface area contributed by atoms with E-state index in [9.17, 15) is 15.4 Å². The van der Waals surface area contributed by atoms with Crippen molar-refractivity contribution >= 4 is 17.9 Å². The van der Waals surface area contributed by atoms with Crippen LogP contribution in [0.4, 0.5) is 11.6 Å². The summed E-state index contributed by atoms with van der Waals surface area (Å²) in [6.07, 6.45) is 4.09. The molecule has 3 aromatic rings. The number of nitriles is 1. The van der Waals surface area contributed by atoms with Crippen LogP contribution in [0.25, 0.3) is 11.5 Å². The van der Waals surface area contributed by atoms with Crippen LogP contribution in [0.2, 0.25) is 0 Å². The minimum atomic E-state index is -0.554. The van der Waals surface area contributed by atoms with Crippen molar-refractivity contribution < 1.29 is 9.34 Å². The first-order valence-electron chi connectivity index (χ1n) is 6.74. The van der Waals surface area contributed by atoms with E-state index in [0.29, 0.717) is 11.6 Å². The molecule has 0 N–H and O–H groups in total. The lowest BCUT2D eigenvalue weighted by Gasteiger charge is -1.96. The van der Waals surface area contributed by atoms with Gasteiger partial charge in [-0.25, -0.2) is 19.2 Å². The Balaban J connectivity index is 2.10. The molecule has 3 aromatic heterocycles. The molecular formula is C14H11N7O3. The maximum atomic E-state index is 10.9. The summed E-state index contributed by atoms with van der Waals surface area (Å²) in [6, 6.07) is 5.46. The number of furan rings is 1. The average Bonchev–Trinajstić information content (AvgIpc) is 3.24. The van der Waals surface area contributed by atoms with Crippen LogP contribution in [0.15, 0.2) is 34.0 Å². The molecule has 0 amide bonds. The molecule has 120 valence electrons. The highest BCUT2D eigenvalue weighted by molar-refractivity contribution is 5.80. The van der Waals surface area contributed by atoms with E-state index in [0.717, 1.165) is 6.20 Å². The first-order valence-corrected chi connectivity index (χ1v) is 6.74. The lowest BCUT2D eigenvalue weighted by molar-refractivity contribution is -0.391. The monoisotopic (exact) mass is 325 g/mol. The molecule has 0 saturated carbocycles. The summed E-state index contributed by atoms with van der Waals surface area (Å²) in [5.74, 6) is 0.845. The van der Waals surface area contributed by atoms with Crippen LogP contribution in [0.3, 0.4) is 0 Å². The highest BCUT2D eigenvalue weighted by Crippen LogP contribution is 2.30. The highest BCUT2D eigenvalue weighted by Gasteiger charge is 2.26. The van der Waals surface area contributed by atoms with Crippen LogP contribution < -0.4 is 0 Å². The second-order valence-electron chi connectivity index (χ2n) is 4.81. The van der Waals surface area contributed by atoms with E-state index in [1.165, 1.54) is 28.8 Å². The molecule has 3 heterocycles. The van der Waals surface area contributed by atoms with E-state index in [-0.39, 0.29) is 22.9 Å². The van der Waals surface area contributed by atoms with Crippen molar-refractivity contribution in [1.29, 1.82) is 5.26 Å². The standard InChI is InChI=1S/C14H11N7O3/c1-19-11(21(22)23)8-17-14(19)12-10(6-15)13(20(2)18-12)16-7-9-4-3-5-24-9/h3-5,7-8H,1-2H3/b16-7+. The number of aliphatic imine (C=N–C) groups is 1. The average molecular weight is 325 g/mol. The summed E-state index contributed by atoms with van der Waals surface area (Å²) >= 11 is 0. The molecule has 10 nitrogen and oxygen atoms in total. The Morgan fingerprint density at radius 2 is 2.29 bits per heavy atom. The highest BCUT2D eigenvalue weighted by atomic mass is 16.6. The van der Waals surface area contributed by atoms with Gasteiger partial charge in [0.1, 0.15) is 23.6 Å². The number of nitro groups is 1. The lowest BCUT2D eigenvalue weighted by atomic mass is 10.2. The van der Waals surface area contributed by atoms with E-state index in [1.807, 2.05) is 6.07 Å². The Hall–Kier alpha value is -3.74. The summed E-state index contributed by atoms with van der Waals surface area (Å²) < 4.78 is 7.83. The van der Waals surface area contributed by atoms with Gasteiger partial charge in [0.05, 0.1) is 19.5 Å². The fourth-order valence-electron chi connectivity index (χ4n) is 2.20. The van der Waals surface area contributed by atoms with Crippen LogP contribution in [0.5, 0.6) is 0 Å². The third-order valence-electron chi connectivity index (χ3n) is 3.35. The van der Waals surface area contributed by atoms with Gasteiger partial charge in [-0.05, 0) is 17.1 Å². The molecule has 0 unspecified atom stereocenters. The van der Waals surface area contributed by atoms with E-state index < -0.39 is 4.92 Å². The Bertz CT molecular complexity index is 973. The van der Waals surface area contributed by atoms with Gasteiger partial charge in [0, 0.05) is 7.05 Å².